The number of carbonyl (C=O) groups excluding carboxylic acids is 2. The molecule has 0 aliphatic carbocycles. The van der Waals surface area contributed by atoms with Crippen LogP contribution in [0.2, 0.25) is 5.02 Å². The Morgan fingerprint density at radius 1 is 1.39 bits per heavy atom. The van der Waals surface area contributed by atoms with Crippen LogP contribution in [-0.4, -0.2) is 45.3 Å². The van der Waals surface area contributed by atoms with Crippen LogP contribution in [0.3, 0.4) is 0 Å². The number of rotatable bonds is 3. The van der Waals surface area contributed by atoms with Crippen molar-refractivity contribution in [3.63, 3.8) is 0 Å². The summed E-state index contributed by atoms with van der Waals surface area (Å²) in [5.74, 6) is -2.65. The van der Waals surface area contributed by atoms with E-state index in [1.807, 2.05) is 6.92 Å². The first-order valence-corrected chi connectivity index (χ1v) is 10.3. The van der Waals surface area contributed by atoms with Crippen LogP contribution in [0.15, 0.2) is 23.0 Å². The van der Waals surface area contributed by atoms with Gasteiger partial charge < -0.3 is 24.6 Å². The summed E-state index contributed by atoms with van der Waals surface area (Å²) in [7, 11) is 0. The van der Waals surface area contributed by atoms with Crippen molar-refractivity contribution >= 4 is 23.4 Å². The fourth-order valence-corrected chi connectivity index (χ4v) is 4.97. The van der Waals surface area contributed by atoms with Gasteiger partial charge in [-0.2, -0.15) is 0 Å². The predicted molar refractivity (Wildman–Crippen MR) is 108 cm³/mol. The lowest BCUT2D eigenvalue weighted by molar-refractivity contribution is -0.0308. The molecule has 10 heteroatoms. The lowest BCUT2D eigenvalue weighted by atomic mass is 10.1. The van der Waals surface area contributed by atoms with E-state index in [0.29, 0.717) is 25.1 Å². The normalized spacial score (nSPS) is 23.6. The summed E-state index contributed by atoms with van der Waals surface area (Å²) in [6.07, 6.45) is 0.253. The minimum absolute atomic E-state index is 0.0754. The molecule has 31 heavy (non-hydrogen) atoms. The summed E-state index contributed by atoms with van der Waals surface area (Å²) >= 11 is 5.77. The molecule has 2 amide bonds. The Kier molecular flexibility index (Phi) is 4.56. The standard InChI is InChI=1S/C21H19ClFN3O5/c1-9-8-25-20(30)16-18(28)17(27)14(12-5-6-13(26(12)16)21(25)31-9)19(29)24-7-10-3-2-4-11(22)15(10)23/h2-4,9,13,21,28H,5-8H2,1H3,(H,24,29)/t9-,13+,21-/m0/s1. The molecular weight excluding hydrogens is 429 g/mol. The van der Waals surface area contributed by atoms with Crippen LogP contribution < -0.4 is 10.7 Å². The lowest BCUT2D eigenvalue weighted by Crippen LogP contribution is -2.48. The zero-order valence-corrected chi connectivity index (χ0v) is 17.3. The number of hydrogen-bond acceptors (Lipinski definition) is 5. The van der Waals surface area contributed by atoms with E-state index in [9.17, 15) is 23.9 Å². The van der Waals surface area contributed by atoms with Crippen LogP contribution in [0.4, 0.5) is 4.39 Å². The molecule has 0 bridgehead atoms. The molecule has 0 saturated carbocycles. The molecule has 4 heterocycles. The summed E-state index contributed by atoms with van der Waals surface area (Å²) in [5.41, 5.74) is -0.710. The summed E-state index contributed by atoms with van der Waals surface area (Å²) in [6, 6.07) is 4.12. The zero-order valence-electron chi connectivity index (χ0n) is 16.5. The fraction of sp³-hybridized carbons (Fsp3) is 0.381. The van der Waals surface area contributed by atoms with Gasteiger partial charge >= 0.3 is 0 Å². The fourth-order valence-electron chi connectivity index (χ4n) is 4.78. The minimum Gasteiger partial charge on any atom is -0.503 e. The van der Waals surface area contributed by atoms with Gasteiger partial charge in [-0.3, -0.25) is 14.4 Å². The first-order valence-electron chi connectivity index (χ1n) is 9.97. The molecule has 0 unspecified atom stereocenters. The molecule has 162 valence electrons. The summed E-state index contributed by atoms with van der Waals surface area (Å²) in [4.78, 5) is 40.3. The molecule has 0 spiro atoms. The third kappa shape index (κ3) is 2.87. The highest BCUT2D eigenvalue weighted by Crippen LogP contribution is 2.42. The number of halogens is 2. The first kappa shape index (κ1) is 20.0. The summed E-state index contributed by atoms with van der Waals surface area (Å²) in [6.45, 7) is 2.03. The molecule has 3 atom stereocenters. The number of benzene rings is 1. The Labute approximate surface area is 181 Å². The molecular formula is C21H19ClFN3O5. The number of fused-ring (bicyclic) bond motifs is 2. The van der Waals surface area contributed by atoms with Crippen molar-refractivity contribution in [3.05, 3.63) is 61.8 Å². The molecule has 3 aliphatic heterocycles. The SMILES string of the molecule is C[C@H]1CN2C(=O)c3c(O)c(=O)c(C(=O)NCc4cccc(Cl)c4F)c4n3[C@H](CC4)[C@@H]2O1. The molecule has 1 aromatic heterocycles. The average Bonchev–Trinajstić information content (AvgIpc) is 3.33. The highest BCUT2D eigenvalue weighted by atomic mass is 35.5. The number of carbonyl (C=O) groups is 2. The van der Waals surface area contributed by atoms with Crippen LogP contribution in [0.25, 0.3) is 0 Å². The average molecular weight is 448 g/mol. The smallest absolute Gasteiger partial charge is 0.276 e. The van der Waals surface area contributed by atoms with Gasteiger partial charge in [0.15, 0.2) is 17.7 Å². The Morgan fingerprint density at radius 2 is 2.16 bits per heavy atom. The van der Waals surface area contributed by atoms with Crippen molar-refractivity contribution in [2.24, 2.45) is 0 Å². The Morgan fingerprint density at radius 3 is 2.94 bits per heavy atom. The van der Waals surface area contributed by atoms with E-state index in [4.69, 9.17) is 16.3 Å². The van der Waals surface area contributed by atoms with E-state index in [0.717, 1.165) is 0 Å². The molecule has 2 N–H and O–H groups in total. The number of amides is 2. The van der Waals surface area contributed by atoms with Crippen molar-refractivity contribution in [1.29, 1.82) is 0 Å². The second-order valence-electron chi connectivity index (χ2n) is 8.01. The molecule has 1 saturated heterocycles. The van der Waals surface area contributed by atoms with Crippen molar-refractivity contribution in [2.45, 2.75) is 44.7 Å². The second-order valence-corrected chi connectivity index (χ2v) is 8.42. The van der Waals surface area contributed by atoms with E-state index in [-0.39, 0.29) is 40.5 Å². The van der Waals surface area contributed by atoms with Crippen molar-refractivity contribution < 1.29 is 23.8 Å². The van der Waals surface area contributed by atoms with E-state index < -0.39 is 35.0 Å². The van der Waals surface area contributed by atoms with Crippen LogP contribution in [0.1, 0.15) is 51.5 Å². The Hall–Kier alpha value is -2.91. The predicted octanol–water partition coefficient (Wildman–Crippen LogP) is 1.96. The Balaban J connectivity index is 1.54. The van der Waals surface area contributed by atoms with Gasteiger partial charge in [-0.1, -0.05) is 23.7 Å². The van der Waals surface area contributed by atoms with Gasteiger partial charge in [-0.25, -0.2) is 4.39 Å². The van der Waals surface area contributed by atoms with Crippen LogP contribution in [0.5, 0.6) is 5.75 Å². The first-order chi connectivity index (χ1) is 14.8. The molecule has 8 nitrogen and oxygen atoms in total. The van der Waals surface area contributed by atoms with Gasteiger partial charge in [0.05, 0.1) is 17.2 Å². The molecule has 5 rings (SSSR count). The van der Waals surface area contributed by atoms with Crippen LogP contribution >= 0.6 is 11.6 Å². The lowest BCUT2D eigenvalue weighted by Gasteiger charge is -2.36. The largest absolute Gasteiger partial charge is 0.503 e. The molecule has 1 aromatic carbocycles. The van der Waals surface area contributed by atoms with E-state index in [2.05, 4.69) is 5.32 Å². The molecule has 3 aliphatic rings. The van der Waals surface area contributed by atoms with Gasteiger partial charge in [-0.15, -0.1) is 0 Å². The number of aromatic hydroxyl groups is 1. The van der Waals surface area contributed by atoms with E-state index in [1.165, 1.54) is 17.0 Å². The van der Waals surface area contributed by atoms with Crippen LogP contribution in [-0.2, 0) is 17.7 Å². The van der Waals surface area contributed by atoms with E-state index >= 15 is 0 Å². The van der Waals surface area contributed by atoms with Crippen molar-refractivity contribution in [3.8, 4) is 5.75 Å². The second kappa shape index (κ2) is 7.06. The van der Waals surface area contributed by atoms with Crippen LogP contribution in [0, 0.1) is 5.82 Å². The zero-order chi connectivity index (χ0) is 22.0. The topological polar surface area (TPSA) is 101 Å². The minimum atomic E-state index is -0.911. The molecule has 0 radical (unpaired) electrons. The van der Waals surface area contributed by atoms with Crippen molar-refractivity contribution in [1.82, 2.24) is 14.8 Å². The monoisotopic (exact) mass is 447 g/mol. The quantitative estimate of drug-likeness (QED) is 0.749. The highest BCUT2D eigenvalue weighted by Gasteiger charge is 2.50. The third-order valence-corrected chi connectivity index (χ3v) is 6.41. The maximum atomic E-state index is 14.1. The summed E-state index contributed by atoms with van der Waals surface area (Å²) in [5, 5.41) is 13.0. The number of nitrogens with one attached hydrogen (secondary N) is 1. The Bertz CT molecular complexity index is 1200. The van der Waals surface area contributed by atoms with Gasteiger partial charge in [-0.05, 0) is 25.8 Å². The molecule has 2 aromatic rings. The number of aromatic nitrogens is 1. The highest BCUT2D eigenvalue weighted by molar-refractivity contribution is 6.30. The number of ether oxygens (including phenoxy) is 1. The van der Waals surface area contributed by atoms with Gasteiger partial charge in [0, 0.05) is 24.3 Å². The van der Waals surface area contributed by atoms with Gasteiger partial charge in [0.25, 0.3) is 11.8 Å². The maximum Gasteiger partial charge on any atom is 0.276 e. The van der Waals surface area contributed by atoms with Crippen molar-refractivity contribution in [2.75, 3.05) is 6.54 Å². The van der Waals surface area contributed by atoms with E-state index in [1.54, 1.807) is 10.6 Å². The number of nitrogens with zero attached hydrogens (tertiary/aromatic N) is 2. The maximum absolute atomic E-state index is 14.1. The summed E-state index contributed by atoms with van der Waals surface area (Å²) < 4.78 is 21.6. The number of pyridine rings is 1. The number of hydrogen-bond donors (Lipinski definition) is 2. The third-order valence-electron chi connectivity index (χ3n) is 6.12. The van der Waals surface area contributed by atoms with Gasteiger partial charge in [0.2, 0.25) is 5.43 Å². The molecule has 1 fully saturated rings. The van der Waals surface area contributed by atoms with Gasteiger partial charge in [0.1, 0.15) is 11.4 Å².